The second kappa shape index (κ2) is 6.13. The van der Waals surface area contributed by atoms with E-state index in [0.29, 0.717) is 11.5 Å². The fraction of sp³-hybridized carbons (Fsp3) is 0.278. The van der Waals surface area contributed by atoms with E-state index in [0.717, 1.165) is 30.7 Å². The summed E-state index contributed by atoms with van der Waals surface area (Å²) in [5.74, 6) is 1.42. The second-order valence-corrected chi connectivity index (χ2v) is 6.19. The number of pyridine rings is 1. The molecule has 2 aromatic heterocycles. The molecule has 6 heteroatoms. The quantitative estimate of drug-likeness (QED) is 0.804. The average Bonchev–Trinajstić information content (AvgIpc) is 3.22. The van der Waals surface area contributed by atoms with E-state index >= 15 is 0 Å². The van der Waals surface area contributed by atoms with Crippen LogP contribution in [0.1, 0.15) is 31.0 Å². The number of hydrogen-bond acceptors (Lipinski definition) is 4. The second-order valence-electron chi connectivity index (χ2n) is 6.19. The minimum atomic E-state index is -0.289. The highest BCUT2D eigenvalue weighted by Crippen LogP contribution is 2.34. The van der Waals surface area contributed by atoms with E-state index in [1.165, 1.54) is 12.1 Å². The summed E-state index contributed by atoms with van der Waals surface area (Å²) in [5.41, 5.74) is 7.64. The fourth-order valence-electron chi connectivity index (χ4n) is 3.26. The number of hydrogen-bond donors (Lipinski definition) is 1. The van der Waals surface area contributed by atoms with Crippen LogP contribution in [-0.4, -0.2) is 25.8 Å². The summed E-state index contributed by atoms with van der Waals surface area (Å²) in [7, 11) is 0. The van der Waals surface area contributed by atoms with Crippen molar-refractivity contribution in [3.63, 3.8) is 0 Å². The zero-order chi connectivity index (χ0) is 16.5. The normalized spacial score (nSPS) is 20.4. The van der Waals surface area contributed by atoms with Crippen LogP contribution in [0.15, 0.2) is 48.8 Å². The lowest BCUT2D eigenvalue weighted by molar-refractivity contribution is 0.609. The largest absolute Gasteiger partial charge is 0.328 e. The minimum Gasteiger partial charge on any atom is -0.328 e. The van der Waals surface area contributed by atoms with Gasteiger partial charge in [0.1, 0.15) is 11.6 Å². The van der Waals surface area contributed by atoms with E-state index in [1.54, 1.807) is 23.1 Å². The molecule has 2 N–H and O–H groups in total. The van der Waals surface area contributed by atoms with E-state index in [-0.39, 0.29) is 17.8 Å². The summed E-state index contributed by atoms with van der Waals surface area (Å²) in [6.07, 6.45) is 6.26. The molecule has 1 aliphatic rings. The third kappa shape index (κ3) is 2.80. The Bertz CT molecular complexity index is 846. The molecule has 1 aliphatic carbocycles. The van der Waals surface area contributed by atoms with Crippen LogP contribution < -0.4 is 5.73 Å². The molecule has 0 radical (unpaired) electrons. The number of benzene rings is 1. The van der Waals surface area contributed by atoms with Crippen molar-refractivity contribution in [1.82, 2.24) is 19.7 Å². The molecule has 0 aliphatic heterocycles. The van der Waals surface area contributed by atoms with Crippen molar-refractivity contribution in [1.29, 1.82) is 0 Å². The smallest absolute Gasteiger partial charge is 0.181 e. The van der Waals surface area contributed by atoms with Crippen LogP contribution >= 0.6 is 0 Å². The predicted molar refractivity (Wildman–Crippen MR) is 89.1 cm³/mol. The van der Waals surface area contributed by atoms with Gasteiger partial charge in [0.05, 0.1) is 5.69 Å². The van der Waals surface area contributed by atoms with E-state index in [4.69, 9.17) is 10.7 Å². The molecule has 1 saturated carbocycles. The zero-order valence-corrected chi connectivity index (χ0v) is 13.1. The van der Waals surface area contributed by atoms with Crippen molar-refractivity contribution in [3.8, 4) is 17.1 Å². The third-order valence-electron chi connectivity index (χ3n) is 4.46. The number of nitrogens with two attached hydrogens (primary N) is 1. The Morgan fingerprint density at radius 1 is 1.12 bits per heavy atom. The Balaban J connectivity index is 1.82. The number of nitrogens with zero attached hydrogens (tertiary/aromatic N) is 4. The molecule has 1 fully saturated rings. The molecule has 1 aromatic carbocycles. The van der Waals surface area contributed by atoms with Gasteiger partial charge in [-0.3, -0.25) is 4.98 Å². The van der Waals surface area contributed by atoms with Gasteiger partial charge in [-0.1, -0.05) is 6.07 Å². The summed E-state index contributed by atoms with van der Waals surface area (Å²) >= 11 is 0. The highest BCUT2D eigenvalue weighted by atomic mass is 19.1. The van der Waals surface area contributed by atoms with Gasteiger partial charge in [0.2, 0.25) is 0 Å². The lowest BCUT2D eigenvalue weighted by atomic mass is 10.1. The van der Waals surface area contributed by atoms with Crippen molar-refractivity contribution in [2.24, 2.45) is 5.73 Å². The van der Waals surface area contributed by atoms with Gasteiger partial charge in [0.15, 0.2) is 5.82 Å². The standard InChI is InChI=1S/C18H18FN5/c19-14-2-1-3-16(11-14)24-18(13-4-5-15(20)10-13)22-17(23-24)12-6-8-21-9-7-12/h1-3,6-9,11,13,15H,4-5,10,20H2/t13-,15+/m0/s1. The highest BCUT2D eigenvalue weighted by Gasteiger charge is 2.29. The van der Waals surface area contributed by atoms with Gasteiger partial charge in [0.25, 0.3) is 0 Å². The SMILES string of the molecule is N[C@@H]1CC[C@H](c2nc(-c3ccncc3)nn2-c2cccc(F)c2)C1. The van der Waals surface area contributed by atoms with Crippen LogP contribution in [0.2, 0.25) is 0 Å². The van der Waals surface area contributed by atoms with Crippen LogP contribution in [-0.2, 0) is 0 Å². The van der Waals surface area contributed by atoms with Gasteiger partial charge in [-0.15, -0.1) is 5.10 Å². The Labute approximate surface area is 139 Å². The van der Waals surface area contributed by atoms with Crippen LogP contribution in [0.25, 0.3) is 17.1 Å². The molecule has 0 unspecified atom stereocenters. The molecule has 2 heterocycles. The maximum absolute atomic E-state index is 13.7. The summed E-state index contributed by atoms with van der Waals surface area (Å²) in [5, 5.41) is 4.63. The first kappa shape index (κ1) is 15.0. The van der Waals surface area contributed by atoms with Crippen molar-refractivity contribution in [3.05, 3.63) is 60.4 Å². The average molecular weight is 323 g/mol. The topological polar surface area (TPSA) is 69.6 Å². The molecule has 4 rings (SSSR count). The molecule has 0 bridgehead atoms. The van der Waals surface area contributed by atoms with Gasteiger partial charge >= 0.3 is 0 Å². The molecule has 0 spiro atoms. The van der Waals surface area contributed by atoms with E-state index in [9.17, 15) is 4.39 Å². The summed E-state index contributed by atoms with van der Waals surface area (Å²) in [4.78, 5) is 8.78. The number of aromatic nitrogens is 4. The zero-order valence-electron chi connectivity index (χ0n) is 13.1. The molecule has 2 atom stereocenters. The maximum atomic E-state index is 13.7. The van der Waals surface area contributed by atoms with Crippen molar-refractivity contribution in [2.75, 3.05) is 0 Å². The van der Waals surface area contributed by atoms with Gasteiger partial charge in [-0.25, -0.2) is 14.1 Å². The molecule has 5 nitrogen and oxygen atoms in total. The van der Waals surface area contributed by atoms with Crippen LogP contribution in [0.4, 0.5) is 4.39 Å². The number of rotatable bonds is 3. The minimum absolute atomic E-state index is 0.192. The van der Waals surface area contributed by atoms with Crippen molar-refractivity contribution < 1.29 is 4.39 Å². The fourth-order valence-corrected chi connectivity index (χ4v) is 3.26. The molecule has 0 saturated heterocycles. The van der Waals surface area contributed by atoms with Gasteiger partial charge < -0.3 is 5.73 Å². The van der Waals surface area contributed by atoms with Crippen molar-refractivity contribution >= 4 is 0 Å². The lowest BCUT2D eigenvalue weighted by Gasteiger charge is -2.11. The first-order chi connectivity index (χ1) is 11.7. The summed E-state index contributed by atoms with van der Waals surface area (Å²) in [6, 6.07) is 10.4. The first-order valence-electron chi connectivity index (χ1n) is 8.09. The summed E-state index contributed by atoms with van der Waals surface area (Å²) < 4.78 is 15.4. The van der Waals surface area contributed by atoms with Crippen LogP contribution in [0.5, 0.6) is 0 Å². The Morgan fingerprint density at radius 3 is 2.67 bits per heavy atom. The number of halogens is 1. The van der Waals surface area contributed by atoms with Gasteiger partial charge in [-0.2, -0.15) is 0 Å². The Kier molecular flexibility index (Phi) is 3.82. The van der Waals surface area contributed by atoms with E-state index < -0.39 is 0 Å². The molecule has 0 amide bonds. The predicted octanol–water partition coefficient (Wildman–Crippen LogP) is 3.06. The Hall–Kier alpha value is -2.60. The molecule has 3 aromatic rings. The third-order valence-corrected chi connectivity index (χ3v) is 4.46. The Morgan fingerprint density at radius 2 is 1.96 bits per heavy atom. The van der Waals surface area contributed by atoms with Crippen molar-refractivity contribution in [2.45, 2.75) is 31.2 Å². The van der Waals surface area contributed by atoms with Crippen LogP contribution in [0, 0.1) is 5.82 Å². The van der Waals surface area contributed by atoms with Crippen LogP contribution in [0.3, 0.4) is 0 Å². The molecule has 122 valence electrons. The van der Waals surface area contributed by atoms with E-state index in [2.05, 4.69) is 10.1 Å². The molecular formula is C18H18FN5. The molecule has 24 heavy (non-hydrogen) atoms. The van der Waals surface area contributed by atoms with Gasteiger partial charge in [-0.05, 0) is 49.6 Å². The monoisotopic (exact) mass is 323 g/mol. The maximum Gasteiger partial charge on any atom is 0.181 e. The van der Waals surface area contributed by atoms with Gasteiger partial charge in [0, 0.05) is 29.9 Å². The summed E-state index contributed by atoms with van der Waals surface area (Å²) in [6.45, 7) is 0. The highest BCUT2D eigenvalue weighted by molar-refractivity contribution is 5.54. The van der Waals surface area contributed by atoms with E-state index in [1.807, 2.05) is 18.2 Å². The first-order valence-corrected chi connectivity index (χ1v) is 8.09. The molecular weight excluding hydrogens is 305 g/mol. The lowest BCUT2D eigenvalue weighted by Crippen LogP contribution is -2.15.